The predicted molar refractivity (Wildman–Crippen MR) is 115 cm³/mol. The smallest absolute Gasteiger partial charge is 0.261 e. The van der Waals surface area contributed by atoms with Gasteiger partial charge < -0.3 is 0 Å². The van der Waals surface area contributed by atoms with Crippen LogP contribution in [0.1, 0.15) is 64.8 Å². The molecule has 2 aromatic rings. The molecular weight excluding hydrogens is 392 g/mol. The van der Waals surface area contributed by atoms with Crippen molar-refractivity contribution in [3.05, 3.63) is 71.3 Å². The van der Waals surface area contributed by atoms with Crippen molar-refractivity contribution in [2.45, 2.75) is 51.0 Å². The van der Waals surface area contributed by atoms with Gasteiger partial charge in [0, 0.05) is 25.4 Å². The highest BCUT2D eigenvalue weighted by molar-refractivity contribution is 6.21. The molecule has 1 atom stereocenters. The number of benzene rings is 2. The molecule has 0 radical (unpaired) electrons. The Morgan fingerprint density at radius 3 is 2.19 bits per heavy atom. The van der Waals surface area contributed by atoms with Gasteiger partial charge in [0.15, 0.2) is 0 Å². The zero-order chi connectivity index (χ0) is 21.8. The highest BCUT2D eigenvalue weighted by atomic mass is 16.2. The zero-order valence-electron chi connectivity index (χ0n) is 17.5. The maximum absolute atomic E-state index is 12.9. The summed E-state index contributed by atoms with van der Waals surface area (Å²) in [7, 11) is 0. The Morgan fingerprint density at radius 2 is 1.52 bits per heavy atom. The number of likely N-dealkylation sites (tertiary alicyclic amines) is 1. The summed E-state index contributed by atoms with van der Waals surface area (Å²) in [6.07, 6.45) is 4.00. The van der Waals surface area contributed by atoms with E-state index in [9.17, 15) is 19.2 Å². The summed E-state index contributed by atoms with van der Waals surface area (Å²) in [5.74, 6) is -0.812. The minimum Gasteiger partial charge on any atom is -0.279 e. The number of unbranched alkanes of at least 4 members (excludes halogenated alkanes) is 1. The maximum Gasteiger partial charge on any atom is 0.261 e. The van der Waals surface area contributed by atoms with Gasteiger partial charge in [0.25, 0.3) is 11.8 Å². The Balaban J connectivity index is 1.31. The lowest BCUT2D eigenvalue weighted by atomic mass is 9.94. The van der Waals surface area contributed by atoms with Crippen LogP contribution in [-0.2, 0) is 16.0 Å². The molecule has 4 rings (SSSR count). The van der Waals surface area contributed by atoms with Crippen molar-refractivity contribution in [3.63, 3.8) is 0 Å². The quantitative estimate of drug-likeness (QED) is 0.509. The topological polar surface area (TPSA) is 74.8 Å². The van der Waals surface area contributed by atoms with Gasteiger partial charge in [-0.1, -0.05) is 42.5 Å². The van der Waals surface area contributed by atoms with Gasteiger partial charge in [-0.3, -0.25) is 29.0 Å². The molecule has 0 spiro atoms. The van der Waals surface area contributed by atoms with E-state index >= 15 is 0 Å². The van der Waals surface area contributed by atoms with Crippen LogP contribution in [0.5, 0.6) is 0 Å². The molecule has 6 nitrogen and oxygen atoms in total. The second-order valence-corrected chi connectivity index (χ2v) is 8.16. The van der Waals surface area contributed by atoms with Crippen molar-refractivity contribution in [2.24, 2.45) is 0 Å². The van der Waals surface area contributed by atoms with E-state index in [0.29, 0.717) is 36.8 Å². The average molecular weight is 418 g/mol. The third-order valence-corrected chi connectivity index (χ3v) is 6.05. The first-order chi connectivity index (χ1) is 15.1. The monoisotopic (exact) mass is 418 g/mol. The molecule has 0 aliphatic carbocycles. The normalized spacial score (nSPS) is 18.5. The van der Waals surface area contributed by atoms with Crippen molar-refractivity contribution in [1.29, 1.82) is 0 Å². The number of nitrogens with zero attached hydrogens (tertiary/aromatic N) is 2. The Bertz CT molecular complexity index is 967. The molecule has 2 aliphatic heterocycles. The van der Waals surface area contributed by atoms with Gasteiger partial charge in [-0.2, -0.15) is 0 Å². The second-order valence-electron chi connectivity index (χ2n) is 8.16. The summed E-state index contributed by atoms with van der Waals surface area (Å²) in [5, 5.41) is 0. The largest absolute Gasteiger partial charge is 0.279 e. The molecule has 160 valence electrons. The summed E-state index contributed by atoms with van der Waals surface area (Å²) >= 11 is 0. The number of hydrogen-bond donors (Lipinski definition) is 0. The third kappa shape index (κ3) is 4.43. The van der Waals surface area contributed by atoms with E-state index in [0.717, 1.165) is 18.4 Å². The van der Waals surface area contributed by atoms with E-state index < -0.39 is 0 Å². The van der Waals surface area contributed by atoms with Gasteiger partial charge in [-0.05, 0) is 49.8 Å². The third-order valence-electron chi connectivity index (χ3n) is 6.05. The van der Waals surface area contributed by atoms with Crippen LogP contribution >= 0.6 is 0 Å². The van der Waals surface area contributed by atoms with Gasteiger partial charge in [0.1, 0.15) is 0 Å². The Labute approximate surface area is 181 Å². The lowest BCUT2D eigenvalue weighted by Gasteiger charge is -2.34. The SMILES string of the molecule is O=C1c2ccccc2C(=O)N1CCCCC(=O)N1C(=O)CCCC1Cc1ccccc1. The Kier molecular flexibility index (Phi) is 6.26. The highest BCUT2D eigenvalue weighted by Gasteiger charge is 2.35. The fraction of sp³-hybridized carbons (Fsp3) is 0.360. The summed E-state index contributed by atoms with van der Waals surface area (Å²) in [4.78, 5) is 52.9. The minimum absolute atomic E-state index is 0.0995. The molecule has 2 aromatic carbocycles. The fourth-order valence-electron chi connectivity index (χ4n) is 4.47. The maximum atomic E-state index is 12.9. The molecule has 1 fully saturated rings. The Hall–Kier alpha value is -3.28. The van der Waals surface area contributed by atoms with E-state index in [2.05, 4.69) is 0 Å². The van der Waals surface area contributed by atoms with Gasteiger partial charge in [0.05, 0.1) is 11.1 Å². The van der Waals surface area contributed by atoms with Crippen molar-refractivity contribution in [1.82, 2.24) is 9.80 Å². The number of carbonyl (C=O) groups is 4. The highest BCUT2D eigenvalue weighted by Crippen LogP contribution is 2.25. The minimum atomic E-state index is -0.277. The molecule has 0 aromatic heterocycles. The Morgan fingerprint density at radius 1 is 0.871 bits per heavy atom. The summed E-state index contributed by atoms with van der Waals surface area (Å²) < 4.78 is 0. The number of fused-ring (bicyclic) bond motifs is 1. The number of rotatable bonds is 7. The van der Waals surface area contributed by atoms with Crippen molar-refractivity contribution in [2.75, 3.05) is 6.54 Å². The van der Waals surface area contributed by atoms with Gasteiger partial charge in [-0.15, -0.1) is 0 Å². The van der Waals surface area contributed by atoms with Gasteiger partial charge in [0.2, 0.25) is 11.8 Å². The van der Waals surface area contributed by atoms with E-state index in [1.807, 2.05) is 30.3 Å². The average Bonchev–Trinajstić information content (AvgIpc) is 3.02. The molecule has 0 saturated carbocycles. The van der Waals surface area contributed by atoms with Crippen LogP contribution in [0.4, 0.5) is 0 Å². The molecule has 6 heteroatoms. The summed E-state index contributed by atoms with van der Waals surface area (Å²) in [5.41, 5.74) is 1.99. The zero-order valence-corrected chi connectivity index (χ0v) is 17.5. The molecule has 1 saturated heterocycles. The molecule has 31 heavy (non-hydrogen) atoms. The van der Waals surface area contributed by atoms with Crippen LogP contribution in [0.3, 0.4) is 0 Å². The van der Waals surface area contributed by atoms with Crippen molar-refractivity contribution in [3.8, 4) is 0 Å². The molecule has 2 aliphatic rings. The number of carbonyl (C=O) groups excluding carboxylic acids is 4. The van der Waals surface area contributed by atoms with Gasteiger partial charge >= 0.3 is 0 Å². The molecule has 0 bridgehead atoms. The van der Waals surface area contributed by atoms with Crippen molar-refractivity contribution < 1.29 is 19.2 Å². The van der Waals surface area contributed by atoms with Crippen LogP contribution in [0, 0.1) is 0 Å². The number of piperidine rings is 1. The molecule has 4 amide bonds. The lowest BCUT2D eigenvalue weighted by Crippen LogP contribution is -2.48. The van der Waals surface area contributed by atoms with Crippen LogP contribution in [0.2, 0.25) is 0 Å². The van der Waals surface area contributed by atoms with E-state index in [1.54, 1.807) is 24.3 Å². The first-order valence-corrected chi connectivity index (χ1v) is 10.9. The molecular formula is C25H26N2O4. The van der Waals surface area contributed by atoms with Crippen LogP contribution in [-0.4, -0.2) is 46.0 Å². The first kappa shape index (κ1) is 21.0. The van der Waals surface area contributed by atoms with E-state index in [1.165, 1.54) is 9.80 Å². The first-order valence-electron chi connectivity index (χ1n) is 10.9. The second kappa shape index (κ2) is 9.25. The summed E-state index contributed by atoms with van der Waals surface area (Å²) in [6, 6.07) is 16.6. The number of hydrogen-bond acceptors (Lipinski definition) is 4. The van der Waals surface area contributed by atoms with Gasteiger partial charge in [-0.25, -0.2) is 0 Å². The van der Waals surface area contributed by atoms with Crippen molar-refractivity contribution >= 4 is 23.6 Å². The standard InChI is InChI=1S/C25H26N2O4/c28-22(27-19(11-8-15-23(27)29)17-18-9-2-1-3-10-18)14-6-7-16-26-24(30)20-12-4-5-13-21(20)25(26)31/h1-5,9-10,12-13,19H,6-8,11,14-17H2. The molecule has 0 N–H and O–H groups in total. The molecule has 1 unspecified atom stereocenters. The fourth-order valence-corrected chi connectivity index (χ4v) is 4.47. The van der Waals surface area contributed by atoms with E-state index in [4.69, 9.17) is 0 Å². The van der Waals surface area contributed by atoms with Crippen LogP contribution < -0.4 is 0 Å². The number of amides is 4. The van der Waals surface area contributed by atoms with E-state index in [-0.39, 0.29) is 42.6 Å². The summed E-state index contributed by atoms with van der Waals surface area (Å²) in [6.45, 7) is 0.279. The predicted octanol–water partition coefficient (Wildman–Crippen LogP) is 3.60. The number of imide groups is 2. The molecule has 2 heterocycles. The lowest BCUT2D eigenvalue weighted by molar-refractivity contribution is -0.150. The van der Waals surface area contributed by atoms with Crippen LogP contribution in [0.15, 0.2) is 54.6 Å². The van der Waals surface area contributed by atoms with Crippen LogP contribution in [0.25, 0.3) is 0 Å².